The highest BCUT2D eigenvalue weighted by molar-refractivity contribution is 9.10. The van der Waals surface area contributed by atoms with Gasteiger partial charge >= 0.3 is 0 Å². The lowest BCUT2D eigenvalue weighted by Crippen LogP contribution is -2.45. The lowest BCUT2D eigenvalue weighted by atomic mass is 10.1. The summed E-state index contributed by atoms with van der Waals surface area (Å²) in [6.45, 7) is 1.49. The standard InChI is InChI=1S/C12H15BrN2O.ClH/c13-10-4-1-3-9(7-10)12(16)15-6-2-5-11(14)8-15;/h1,3-4,7,11H,2,5-6,8,14H2;1H. The molecule has 1 unspecified atom stereocenters. The van der Waals surface area contributed by atoms with Crippen LogP contribution in [0.5, 0.6) is 0 Å². The summed E-state index contributed by atoms with van der Waals surface area (Å²) in [6.07, 6.45) is 2.02. The van der Waals surface area contributed by atoms with Crippen LogP contribution in [-0.4, -0.2) is 29.9 Å². The van der Waals surface area contributed by atoms with E-state index in [2.05, 4.69) is 15.9 Å². The van der Waals surface area contributed by atoms with Crippen molar-refractivity contribution in [3.8, 4) is 0 Å². The van der Waals surface area contributed by atoms with Crippen LogP contribution in [0.4, 0.5) is 0 Å². The van der Waals surface area contributed by atoms with Crippen molar-refractivity contribution in [1.82, 2.24) is 4.90 Å². The Morgan fingerprint density at radius 2 is 2.24 bits per heavy atom. The van der Waals surface area contributed by atoms with Crippen molar-refractivity contribution in [3.63, 3.8) is 0 Å². The van der Waals surface area contributed by atoms with Crippen LogP contribution in [-0.2, 0) is 0 Å². The monoisotopic (exact) mass is 318 g/mol. The Bertz CT molecular complexity index is 400. The number of likely N-dealkylation sites (tertiary alicyclic amines) is 1. The zero-order valence-corrected chi connectivity index (χ0v) is 11.8. The van der Waals surface area contributed by atoms with Gasteiger partial charge in [0, 0.05) is 29.2 Å². The van der Waals surface area contributed by atoms with Crippen LogP contribution in [0.2, 0.25) is 0 Å². The second-order valence-electron chi connectivity index (χ2n) is 4.16. The molecule has 17 heavy (non-hydrogen) atoms. The fourth-order valence-electron chi connectivity index (χ4n) is 2.00. The third kappa shape index (κ3) is 3.69. The Balaban J connectivity index is 0.00000144. The maximum atomic E-state index is 12.1. The minimum atomic E-state index is 0. The summed E-state index contributed by atoms with van der Waals surface area (Å²) in [6, 6.07) is 7.61. The quantitative estimate of drug-likeness (QED) is 0.864. The smallest absolute Gasteiger partial charge is 0.253 e. The molecule has 5 heteroatoms. The predicted octanol–water partition coefficient (Wildman–Crippen LogP) is 2.43. The summed E-state index contributed by atoms with van der Waals surface area (Å²) in [5, 5.41) is 0. The average molecular weight is 320 g/mol. The van der Waals surface area contributed by atoms with Crippen LogP contribution in [0.1, 0.15) is 23.2 Å². The summed E-state index contributed by atoms with van der Waals surface area (Å²) in [4.78, 5) is 14.0. The minimum Gasteiger partial charge on any atom is -0.337 e. The van der Waals surface area contributed by atoms with Crippen LogP contribution in [0.15, 0.2) is 28.7 Å². The zero-order valence-electron chi connectivity index (χ0n) is 9.43. The van der Waals surface area contributed by atoms with E-state index in [0.29, 0.717) is 6.54 Å². The van der Waals surface area contributed by atoms with E-state index in [0.717, 1.165) is 29.4 Å². The van der Waals surface area contributed by atoms with Crippen molar-refractivity contribution in [3.05, 3.63) is 34.3 Å². The van der Waals surface area contributed by atoms with Gasteiger partial charge < -0.3 is 10.6 Å². The van der Waals surface area contributed by atoms with Crippen LogP contribution in [0.25, 0.3) is 0 Å². The van der Waals surface area contributed by atoms with E-state index in [-0.39, 0.29) is 24.4 Å². The van der Waals surface area contributed by atoms with Gasteiger partial charge in [0.1, 0.15) is 0 Å². The van der Waals surface area contributed by atoms with E-state index in [1.807, 2.05) is 29.2 Å². The minimum absolute atomic E-state index is 0. The van der Waals surface area contributed by atoms with Crippen molar-refractivity contribution in [2.24, 2.45) is 5.73 Å². The van der Waals surface area contributed by atoms with Crippen LogP contribution in [0.3, 0.4) is 0 Å². The van der Waals surface area contributed by atoms with Crippen molar-refractivity contribution >= 4 is 34.2 Å². The van der Waals surface area contributed by atoms with E-state index in [4.69, 9.17) is 5.73 Å². The van der Waals surface area contributed by atoms with Gasteiger partial charge in [0.15, 0.2) is 0 Å². The topological polar surface area (TPSA) is 46.3 Å². The predicted molar refractivity (Wildman–Crippen MR) is 74.5 cm³/mol. The van der Waals surface area contributed by atoms with Gasteiger partial charge in [0.05, 0.1) is 0 Å². The molecule has 1 aromatic carbocycles. The fourth-order valence-corrected chi connectivity index (χ4v) is 2.40. The highest BCUT2D eigenvalue weighted by atomic mass is 79.9. The van der Waals surface area contributed by atoms with E-state index in [9.17, 15) is 4.79 Å². The highest BCUT2D eigenvalue weighted by Crippen LogP contribution is 2.16. The molecule has 1 aromatic rings. The van der Waals surface area contributed by atoms with Crippen molar-refractivity contribution < 1.29 is 4.79 Å². The van der Waals surface area contributed by atoms with Gasteiger partial charge in [-0.25, -0.2) is 0 Å². The largest absolute Gasteiger partial charge is 0.337 e. The Hall–Kier alpha value is -0.580. The molecule has 0 bridgehead atoms. The zero-order chi connectivity index (χ0) is 11.5. The molecule has 94 valence electrons. The van der Waals surface area contributed by atoms with Crippen LogP contribution < -0.4 is 5.73 Å². The lowest BCUT2D eigenvalue weighted by Gasteiger charge is -2.30. The Morgan fingerprint density at radius 1 is 1.47 bits per heavy atom. The molecule has 2 rings (SSSR count). The number of halogens is 2. The van der Waals surface area contributed by atoms with Gasteiger partial charge in [0.25, 0.3) is 5.91 Å². The number of amides is 1. The Kier molecular flexibility index (Phi) is 5.43. The molecule has 3 nitrogen and oxygen atoms in total. The van der Waals surface area contributed by atoms with Crippen molar-refractivity contribution in [2.45, 2.75) is 18.9 Å². The van der Waals surface area contributed by atoms with Crippen molar-refractivity contribution in [1.29, 1.82) is 0 Å². The average Bonchev–Trinajstić information content (AvgIpc) is 2.28. The third-order valence-corrected chi connectivity index (χ3v) is 3.31. The second-order valence-corrected chi connectivity index (χ2v) is 5.08. The summed E-state index contributed by atoms with van der Waals surface area (Å²) < 4.78 is 0.930. The molecule has 0 spiro atoms. The molecule has 1 fully saturated rings. The molecule has 0 radical (unpaired) electrons. The molecule has 1 aliphatic heterocycles. The van der Waals surface area contributed by atoms with E-state index in [1.54, 1.807) is 0 Å². The fraction of sp³-hybridized carbons (Fsp3) is 0.417. The number of carbonyl (C=O) groups is 1. The Labute approximate surface area is 116 Å². The summed E-state index contributed by atoms with van der Waals surface area (Å²) >= 11 is 3.37. The molecule has 0 aromatic heterocycles. The number of piperidine rings is 1. The normalized spacial score (nSPS) is 19.6. The summed E-state index contributed by atoms with van der Waals surface area (Å²) in [7, 11) is 0. The van der Waals surface area contributed by atoms with E-state index in [1.165, 1.54) is 0 Å². The highest BCUT2D eigenvalue weighted by Gasteiger charge is 2.22. The maximum Gasteiger partial charge on any atom is 0.253 e. The molecule has 0 aliphatic carbocycles. The number of nitrogens with zero attached hydrogens (tertiary/aromatic N) is 1. The number of hydrogen-bond donors (Lipinski definition) is 1. The summed E-state index contributed by atoms with van der Waals surface area (Å²) in [5.74, 6) is 0.0800. The SMILES string of the molecule is Cl.NC1CCCN(C(=O)c2cccc(Br)c2)C1. The van der Waals surface area contributed by atoms with Gasteiger partial charge in [0.2, 0.25) is 0 Å². The molecule has 0 saturated carbocycles. The first kappa shape index (κ1) is 14.5. The first-order valence-electron chi connectivity index (χ1n) is 5.47. The number of hydrogen-bond acceptors (Lipinski definition) is 2. The van der Waals surface area contributed by atoms with Crippen LogP contribution >= 0.6 is 28.3 Å². The molecule has 1 atom stereocenters. The number of nitrogens with two attached hydrogens (primary N) is 1. The van der Waals surface area contributed by atoms with Gasteiger partial charge in [-0.3, -0.25) is 4.79 Å². The molecule has 1 heterocycles. The van der Waals surface area contributed by atoms with Gasteiger partial charge in [-0.05, 0) is 31.0 Å². The molecular formula is C12H16BrClN2O. The first-order valence-corrected chi connectivity index (χ1v) is 6.26. The molecule has 1 amide bonds. The second kappa shape index (κ2) is 6.38. The van der Waals surface area contributed by atoms with Crippen molar-refractivity contribution in [2.75, 3.05) is 13.1 Å². The van der Waals surface area contributed by atoms with Gasteiger partial charge in [-0.2, -0.15) is 0 Å². The third-order valence-electron chi connectivity index (χ3n) is 2.82. The van der Waals surface area contributed by atoms with E-state index < -0.39 is 0 Å². The van der Waals surface area contributed by atoms with Gasteiger partial charge in [-0.1, -0.05) is 22.0 Å². The molecule has 1 saturated heterocycles. The lowest BCUT2D eigenvalue weighted by molar-refractivity contribution is 0.0709. The summed E-state index contributed by atoms with van der Waals surface area (Å²) in [5.41, 5.74) is 6.59. The molecular weight excluding hydrogens is 304 g/mol. The van der Waals surface area contributed by atoms with Gasteiger partial charge in [-0.15, -0.1) is 12.4 Å². The number of benzene rings is 1. The molecule has 2 N–H and O–H groups in total. The van der Waals surface area contributed by atoms with Crippen LogP contribution in [0, 0.1) is 0 Å². The number of rotatable bonds is 1. The first-order chi connectivity index (χ1) is 7.66. The number of carbonyl (C=O) groups excluding carboxylic acids is 1. The van der Waals surface area contributed by atoms with E-state index >= 15 is 0 Å². The Morgan fingerprint density at radius 3 is 2.88 bits per heavy atom. The maximum absolute atomic E-state index is 12.1. The molecule has 1 aliphatic rings.